The highest BCUT2D eigenvalue weighted by Crippen LogP contribution is 2.31. The molecule has 1 heterocycles. The summed E-state index contributed by atoms with van der Waals surface area (Å²) in [5.74, 6) is 0.608. The maximum atomic E-state index is 13.1. The molecule has 1 amide bonds. The lowest BCUT2D eigenvalue weighted by atomic mass is 10.2. The molecule has 27 heavy (non-hydrogen) atoms. The molecule has 2 aliphatic rings. The minimum absolute atomic E-state index is 0.0298. The molecule has 0 unspecified atom stereocenters. The Morgan fingerprint density at radius 3 is 2.63 bits per heavy atom. The summed E-state index contributed by atoms with van der Waals surface area (Å²) in [6, 6.07) is 4.73. The second-order valence-corrected chi connectivity index (χ2v) is 8.97. The number of carbonyl (C=O) groups excluding carboxylic acids is 1. The van der Waals surface area contributed by atoms with Gasteiger partial charge < -0.3 is 14.8 Å². The van der Waals surface area contributed by atoms with Gasteiger partial charge in [-0.1, -0.05) is 6.42 Å². The molecule has 0 radical (unpaired) electrons. The molecule has 3 rings (SSSR count). The van der Waals surface area contributed by atoms with Gasteiger partial charge in [-0.25, -0.2) is 8.42 Å². The lowest BCUT2D eigenvalue weighted by Crippen LogP contribution is -2.35. The molecule has 8 heteroatoms. The Kier molecular flexibility index (Phi) is 6.73. The van der Waals surface area contributed by atoms with E-state index in [1.54, 1.807) is 12.1 Å². The summed E-state index contributed by atoms with van der Waals surface area (Å²) >= 11 is 0. The standard InChI is InChI=1S/C19H28N2O5S/c1-2-26-17-9-8-16(20-19(22)14-25-13-15-6-7-15)12-18(17)27(23,24)21-10-4-3-5-11-21/h8-9,12,15H,2-7,10-11,13-14H2,1H3,(H,20,22). The van der Waals surface area contributed by atoms with Crippen molar-refractivity contribution >= 4 is 21.6 Å². The van der Waals surface area contributed by atoms with Gasteiger partial charge in [-0.3, -0.25) is 4.79 Å². The van der Waals surface area contributed by atoms with Crippen LogP contribution in [0.15, 0.2) is 23.1 Å². The van der Waals surface area contributed by atoms with Crippen LogP contribution >= 0.6 is 0 Å². The van der Waals surface area contributed by atoms with Crippen molar-refractivity contribution in [3.8, 4) is 5.75 Å². The van der Waals surface area contributed by atoms with Crippen LogP contribution in [-0.4, -0.2) is 51.5 Å². The van der Waals surface area contributed by atoms with E-state index in [1.165, 1.54) is 10.4 Å². The fourth-order valence-corrected chi connectivity index (χ4v) is 4.78. The molecule has 2 fully saturated rings. The quantitative estimate of drug-likeness (QED) is 0.694. The number of ether oxygens (including phenoxy) is 2. The van der Waals surface area contributed by atoms with E-state index in [0.717, 1.165) is 32.1 Å². The number of rotatable bonds is 9. The first-order valence-electron chi connectivity index (χ1n) is 9.65. The van der Waals surface area contributed by atoms with E-state index in [1.807, 2.05) is 6.92 Å². The Morgan fingerprint density at radius 2 is 1.96 bits per heavy atom. The van der Waals surface area contributed by atoms with Crippen molar-refractivity contribution in [3.05, 3.63) is 18.2 Å². The Labute approximate surface area is 161 Å². The van der Waals surface area contributed by atoms with Gasteiger partial charge in [0.15, 0.2) is 0 Å². The molecular formula is C19H28N2O5S. The molecule has 1 aromatic carbocycles. The summed E-state index contributed by atoms with van der Waals surface area (Å²) in [6.45, 7) is 3.77. The molecule has 150 valence electrons. The van der Waals surface area contributed by atoms with Gasteiger partial charge in [0.05, 0.1) is 13.2 Å². The highest BCUT2D eigenvalue weighted by molar-refractivity contribution is 7.89. The Bertz CT molecular complexity index is 755. The summed E-state index contributed by atoms with van der Waals surface area (Å²) in [5.41, 5.74) is 0.425. The maximum absolute atomic E-state index is 13.1. The maximum Gasteiger partial charge on any atom is 0.250 e. The molecule has 7 nitrogen and oxygen atoms in total. The summed E-state index contributed by atoms with van der Waals surface area (Å²) in [4.78, 5) is 12.2. The fraction of sp³-hybridized carbons (Fsp3) is 0.632. The normalized spacial score (nSPS) is 18.3. The van der Waals surface area contributed by atoms with Gasteiger partial charge in [0.25, 0.3) is 0 Å². The highest BCUT2D eigenvalue weighted by atomic mass is 32.2. The number of anilines is 1. The SMILES string of the molecule is CCOc1ccc(NC(=O)COCC2CC2)cc1S(=O)(=O)N1CCCCC1. The van der Waals surface area contributed by atoms with Gasteiger partial charge in [0.1, 0.15) is 17.3 Å². The van der Waals surface area contributed by atoms with Crippen molar-refractivity contribution in [1.29, 1.82) is 0 Å². The molecule has 1 aromatic rings. The third-order valence-corrected chi connectivity index (χ3v) is 6.66. The molecule has 0 spiro atoms. The minimum atomic E-state index is -3.67. The zero-order valence-corrected chi connectivity index (χ0v) is 16.6. The van der Waals surface area contributed by atoms with Crippen molar-refractivity contribution in [2.75, 3.05) is 38.2 Å². The molecule has 1 aliphatic heterocycles. The average Bonchev–Trinajstić information content (AvgIpc) is 3.48. The van der Waals surface area contributed by atoms with E-state index in [2.05, 4.69) is 5.32 Å². The van der Waals surface area contributed by atoms with Crippen LogP contribution in [0.5, 0.6) is 5.75 Å². The molecule has 1 saturated carbocycles. The van der Waals surface area contributed by atoms with Crippen LogP contribution in [0.4, 0.5) is 5.69 Å². The molecular weight excluding hydrogens is 368 g/mol. The van der Waals surface area contributed by atoms with Gasteiger partial charge in [-0.05, 0) is 56.7 Å². The molecule has 0 aromatic heterocycles. The van der Waals surface area contributed by atoms with Crippen LogP contribution in [0.25, 0.3) is 0 Å². The van der Waals surface area contributed by atoms with E-state index in [-0.39, 0.29) is 17.4 Å². The van der Waals surface area contributed by atoms with Gasteiger partial charge in [0.2, 0.25) is 15.9 Å². The number of hydrogen-bond donors (Lipinski definition) is 1. The molecule has 0 atom stereocenters. The molecule has 1 N–H and O–H groups in total. The van der Waals surface area contributed by atoms with Gasteiger partial charge >= 0.3 is 0 Å². The second-order valence-electron chi connectivity index (χ2n) is 7.07. The lowest BCUT2D eigenvalue weighted by molar-refractivity contribution is -0.120. The van der Waals surface area contributed by atoms with Crippen LogP contribution in [0.2, 0.25) is 0 Å². The van der Waals surface area contributed by atoms with E-state index in [4.69, 9.17) is 9.47 Å². The van der Waals surface area contributed by atoms with Crippen LogP contribution < -0.4 is 10.1 Å². The van der Waals surface area contributed by atoms with Crippen molar-refractivity contribution < 1.29 is 22.7 Å². The predicted molar refractivity (Wildman–Crippen MR) is 102 cm³/mol. The van der Waals surface area contributed by atoms with Gasteiger partial charge in [-0.15, -0.1) is 0 Å². The largest absolute Gasteiger partial charge is 0.492 e. The Hall–Kier alpha value is -1.64. The number of hydrogen-bond acceptors (Lipinski definition) is 5. The number of sulfonamides is 1. The second kappa shape index (κ2) is 9.03. The first-order chi connectivity index (χ1) is 13.0. The van der Waals surface area contributed by atoms with Crippen LogP contribution in [0.3, 0.4) is 0 Å². The summed E-state index contributed by atoms with van der Waals surface area (Å²) in [7, 11) is -3.67. The number of nitrogens with zero attached hydrogens (tertiary/aromatic N) is 1. The van der Waals surface area contributed by atoms with Crippen LogP contribution in [-0.2, 0) is 19.6 Å². The van der Waals surface area contributed by atoms with Crippen LogP contribution in [0.1, 0.15) is 39.0 Å². The van der Waals surface area contributed by atoms with Crippen molar-refractivity contribution in [2.24, 2.45) is 5.92 Å². The number of nitrogens with one attached hydrogen (secondary N) is 1. The van der Waals surface area contributed by atoms with Gasteiger partial charge in [-0.2, -0.15) is 4.31 Å². The number of benzene rings is 1. The summed E-state index contributed by atoms with van der Waals surface area (Å²) < 4.78 is 38.6. The molecule has 0 bridgehead atoms. The number of amides is 1. The third-order valence-electron chi connectivity index (χ3n) is 4.74. The van der Waals surface area contributed by atoms with Crippen molar-refractivity contribution in [3.63, 3.8) is 0 Å². The van der Waals surface area contributed by atoms with Crippen molar-refractivity contribution in [2.45, 2.75) is 43.9 Å². The molecule has 1 saturated heterocycles. The zero-order chi connectivity index (χ0) is 19.3. The zero-order valence-electron chi connectivity index (χ0n) is 15.8. The average molecular weight is 397 g/mol. The first kappa shape index (κ1) is 20.1. The molecule has 1 aliphatic carbocycles. The lowest BCUT2D eigenvalue weighted by Gasteiger charge is -2.27. The number of carbonyl (C=O) groups is 1. The Morgan fingerprint density at radius 1 is 1.22 bits per heavy atom. The van der Waals surface area contributed by atoms with Crippen LogP contribution in [0, 0.1) is 5.92 Å². The summed E-state index contributed by atoms with van der Waals surface area (Å²) in [6.07, 6.45) is 5.09. The smallest absolute Gasteiger partial charge is 0.250 e. The summed E-state index contributed by atoms with van der Waals surface area (Å²) in [5, 5.41) is 2.72. The first-order valence-corrected chi connectivity index (χ1v) is 11.1. The van der Waals surface area contributed by atoms with E-state index in [9.17, 15) is 13.2 Å². The van der Waals surface area contributed by atoms with E-state index >= 15 is 0 Å². The fourth-order valence-electron chi connectivity index (χ4n) is 3.11. The monoisotopic (exact) mass is 396 g/mol. The van der Waals surface area contributed by atoms with E-state index in [0.29, 0.717) is 43.7 Å². The third kappa shape index (κ3) is 5.43. The van der Waals surface area contributed by atoms with E-state index < -0.39 is 10.0 Å². The topological polar surface area (TPSA) is 84.9 Å². The highest BCUT2D eigenvalue weighted by Gasteiger charge is 2.29. The Balaban J connectivity index is 1.74. The minimum Gasteiger partial charge on any atom is -0.492 e. The van der Waals surface area contributed by atoms with Gasteiger partial charge in [0, 0.05) is 18.8 Å². The van der Waals surface area contributed by atoms with Crippen molar-refractivity contribution in [1.82, 2.24) is 4.31 Å². The predicted octanol–water partition coefficient (Wildman–Crippen LogP) is 2.63. The number of piperidine rings is 1.